The van der Waals surface area contributed by atoms with Gasteiger partial charge in [0.2, 0.25) is 0 Å². The summed E-state index contributed by atoms with van der Waals surface area (Å²) in [5.74, 6) is 0.276. The molecule has 148 valence electrons. The number of fused-ring (bicyclic) bond motifs is 1. The van der Waals surface area contributed by atoms with Gasteiger partial charge in [-0.15, -0.1) is 0 Å². The Morgan fingerprint density at radius 1 is 1.11 bits per heavy atom. The molecule has 1 heterocycles. The molecule has 0 saturated heterocycles. The molecule has 3 aromatic rings. The molecule has 28 heavy (non-hydrogen) atoms. The average Bonchev–Trinajstić information content (AvgIpc) is 2.98. The van der Waals surface area contributed by atoms with Gasteiger partial charge in [-0.2, -0.15) is 0 Å². The minimum Gasteiger partial charge on any atom is -0.469 e. The van der Waals surface area contributed by atoms with E-state index in [-0.39, 0.29) is 5.97 Å². The van der Waals surface area contributed by atoms with Gasteiger partial charge < -0.3 is 9.30 Å². The Balaban J connectivity index is 2.08. The molecule has 0 amide bonds. The first-order chi connectivity index (χ1) is 13.2. The Bertz CT molecular complexity index is 984. The topological polar surface area (TPSA) is 31.2 Å². The molecule has 0 unspecified atom stereocenters. The normalized spacial score (nSPS) is 12.0. The predicted octanol–water partition coefficient (Wildman–Crippen LogP) is 6.21. The summed E-state index contributed by atoms with van der Waals surface area (Å²) in [6, 6.07) is 16.8. The van der Waals surface area contributed by atoms with E-state index in [1.54, 1.807) is 0 Å². The van der Waals surface area contributed by atoms with Crippen LogP contribution in [0.25, 0.3) is 10.9 Å². The second-order valence-corrected chi connectivity index (χ2v) is 8.81. The molecule has 0 saturated carbocycles. The minimum absolute atomic E-state index is 0.196. The lowest BCUT2D eigenvalue weighted by Crippen LogP contribution is -2.29. The summed E-state index contributed by atoms with van der Waals surface area (Å²) >= 11 is 6.05. The average molecular weight is 398 g/mol. The molecule has 0 fully saturated rings. The van der Waals surface area contributed by atoms with Crippen LogP contribution in [0.2, 0.25) is 5.02 Å². The highest BCUT2D eigenvalue weighted by atomic mass is 35.5. The van der Waals surface area contributed by atoms with Crippen LogP contribution in [0.15, 0.2) is 48.5 Å². The number of ether oxygens (including phenoxy) is 1. The maximum atomic E-state index is 12.3. The summed E-state index contributed by atoms with van der Waals surface area (Å²) in [5.41, 5.74) is 4.19. The van der Waals surface area contributed by atoms with Crippen LogP contribution in [-0.2, 0) is 22.5 Å². The van der Waals surface area contributed by atoms with Crippen molar-refractivity contribution < 1.29 is 9.53 Å². The molecule has 0 atom stereocenters. The number of halogens is 1. The second kappa shape index (κ2) is 8.00. The molecule has 2 aromatic carbocycles. The lowest BCUT2D eigenvalue weighted by atomic mass is 9.88. The molecule has 0 bridgehead atoms. The highest BCUT2D eigenvalue weighted by molar-refractivity contribution is 6.30. The summed E-state index contributed by atoms with van der Waals surface area (Å²) < 4.78 is 7.32. The van der Waals surface area contributed by atoms with E-state index in [1.807, 2.05) is 38.1 Å². The van der Waals surface area contributed by atoms with Gasteiger partial charge in [-0.05, 0) is 61.2 Å². The van der Waals surface area contributed by atoms with Gasteiger partial charge in [0.05, 0.1) is 12.5 Å². The van der Waals surface area contributed by atoms with Crippen molar-refractivity contribution in [2.24, 2.45) is 5.41 Å². The molecule has 4 heteroatoms. The van der Waals surface area contributed by atoms with E-state index in [0.717, 1.165) is 17.3 Å². The van der Waals surface area contributed by atoms with Gasteiger partial charge in [0.1, 0.15) is 0 Å². The SMILES string of the molecule is COC(=O)C(C)(C)Cc1cc2cc(C(C)C)ccc2n1Cc1ccc(Cl)cc1. The fourth-order valence-corrected chi connectivity index (χ4v) is 3.74. The van der Waals surface area contributed by atoms with Crippen LogP contribution < -0.4 is 0 Å². The largest absolute Gasteiger partial charge is 0.469 e. The summed E-state index contributed by atoms with van der Waals surface area (Å²) in [6.07, 6.45) is 0.610. The molecule has 3 nitrogen and oxygen atoms in total. The van der Waals surface area contributed by atoms with E-state index in [9.17, 15) is 4.79 Å². The van der Waals surface area contributed by atoms with Crippen LogP contribution >= 0.6 is 11.6 Å². The van der Waals surface area contributed by atoms with Crippen molar-refractivity contribution in [1.82, 2.24) is 4.57 Å². The van der Waals surface area contributed by atoms with E-state index >= 15 is 0 Å². The number of hydrogen-bond donors (Lipinski definition) is 0. The lowest BCUT2D eigenvalue weighted by molar-refractivity contribution is -0.150. The van der Waals surface area contributed by atoms with E-state index in [0.29, 0.717) is 12.3 Å². The molecular formula is C24H28ClNO2. The second-order valence-electron chi connectivity index (χ2n) is 8.37. The van der Waals surface area contributed by atoms with Gasteiger partial charge in [0, 0.05) is 34.6 Å². The number of carbonyl (C=O) groups is 1. The number of rotatable bonds is 6. The molecule has 0 aliphatic rings. The number of benzene rings is 2. The van der Waals surface area contributed by atoms with Gasteiger partial charge in [-0.3, -0.25) is 4.79 Å². The van der Waals surface area contributed by atoms with Crippen molar-refractivity contribution in [3.8, 4) is 0 Å². The van der Waals surface area contributed by atoms with Crippen LogP contribution in [0.3, 0.4) is 0 Å². The van der Waals surface area contributed by atoms with E-state index in [1.165, 1.54) is 29.1 Å². The monoisotopic (exact) mass is 397 g/mol. The van der Waals surface area contributed by atoms with Gasteiger partial charge in [0.25, 0.3) is 0 Å². The summed E-state index contributed by atoms with van der Waals surface area (Å²) in [4.78, 5) is 12.3. The number of methoxy groups -OCH3 is 1. The zero-order chi connectivity index (χ0) is 20.5. The van der Waals surface area contributed by atoms with Gasteiger partial charge in [0.15, 0.2) is 0 Å². The Morgan fingerprint density at radius 2 is 1.79 bits per heavy atom. The smallest absolute Gasteiger partial charge is 0.311 e. The first kappa shape index (κ1) is 20.5. The van der Waals surface area contributed by atoms with Crippen molar-refractivity contribution in [1.29, 1.82) is 0 Å². The van der Waals surface area contributed by atoms with Crippen molar-refractivity contribution in [3.63, 3.8) is 0 Å². The highest BCUT2D eigenvalue weighted by Gasteiger charge is 2.30. The zero-order valence-corrected chi connectivity index (χ0v) is 18.0. The molecule has 0 radical (unpaired) electrons. The highest BCUT2D eigenvalue weighted by Crippen LogP contribution is 2.30. The van der Waals surface area contributed by atoms with Crippen LogP contribution in [0.5, 0.6) is 0 Å². The summed E-state index contributed by atoms with van der Waals surface area (Å²) in [5, 5.41) is 1.94. The van der Waals surface area contributed by atoms with Crippen LogP contribution in [0.4, 0.5) is 0 Å². The Labute approximate surface area is 172 Å². The number of hydrogen-bond acceptors (Lipinski definition) is 2. The van der Waals surface area contributed by atoms with Crippen LogP contribution in [-0.4, -0.2) is 17.6 Å². The molecule has 3 rings (SSSR count). The third kappa shape index (κ3) is 4.25. The van der Waals surface area contributed by atoms with Gasteiger partial charge >= 0.3 is 5.97 Å². The third-order valence-corrected chi connectivity index (χ3v) is 5.54. The Kier molecular flexibility index (Phi) is 5.85. The van der Waals surface area contributed by atoms with Crippen molar-refractivity contribution in [2.75, 3.05) is 7.11 Å². The summed E-state index contributed by atoms with van der Waals surface area (Å²) in [7, 11) is 1.45. The number of nitrogens with zero attached hydrogens (tertiary/aromatic N) is 1. The quantitative estimate of drug-likeness (QED) is 0.463. The first-order valence-corrected chi connectivity index (χ1v) is 10.0. The maximum Gasteiger partial charge on any atom is 0.311 e. The zero-order valence-electron chi connectivity index (χ0n) is 17.3. The van der Waals surface area contributed by atoms with Crippen molar-refractivity contribution in [2.45, 2.75) is 46.6 Å². The van der Waals surface area contributed by atoms with E-state index < -0.39 is 5.41 Å². The molecule has 0 aliphatic heterocycles. The lowest BCUT2D eigenvalue weighted by Gasteiger charge is -2.22. The first-order valence-electron chi connectivity index (χ1n) is 9.66. The Morgan fingerprint density at radius 3 is 2.39 bits per heavy atom. The molecule has 0 spiro atoms. The molecule has 0 N–H and O–H groups in total. The number of aromatic nitrogens is 1. The molecule has 1 aromatic heterocycles. The number of esters is 1. The van der Waals surface area contributed by atoms with E-state index in [4.69, 9.17) is 16.3 Å². The predicted molar refractivity (Wildman–Crippen MR) is 116 cm³/mol. The summed E-state index contributed by atoms with van der Waals surface area (Å²) in [6.45, 7) is 9.00. The van der Waals surface area contributed by atoms with Gasteiger partial charge in [-0.25, -0.2) is 0 Å². The maximum absolute atomic E-state index is 12.3. The molecular weight excluding hydrogens is 370 g/mol. The van der Waals surface area contributed by atoms with Crippen LogP contribution in [0.1, 0.15) is 50.4 Å². The van der Waals surface area contributed by atoms with Gasteiger partial charge in [-0.1, -0.05) is 43.6 Å². The fourth-order valence-electron chi connectivity index (χ4n) is 3.61. The van der Waals surface area contributed by atoms with Crippen molar-refractivity contribution >= 4 is 28.5 Å². The van der Waals surface area contributed by atoms with Crippen LogP contribution in [0, 0.1) is 5.41 Å². The van der Waals surface area contributed by atoms with Crippen molar-refractivity contribution in [3.05, 3.63) is 70.4 Å². The standard InChI is InChI=1S/C24H28ClNO2/c1-16(2)18-8-11-22-19(12-18)13-21(14-24(3,4)23(27)28-5)26(22)15-17-6-9-20(25)10-7-17/h6-13,16H,14-15H2,1-5H3. The molecule has 0 aliphatic carbocycles. The van der Waals surface area contributed by atoms with E-state index in [2.05, 4.69) is 42.7 Å². The minimum atomic E-state index is -0.595. The Hall–Kier alpha value is -2.26. The fraction of sp³-hybridized carbons (Fsp3) is 0.375. The number of carbonyl (C=O) groups excluding carboxylic acids is 1. The third-order valence-electron chi connectivity index (χ3n) is 5.29.